The van der Waals surface area contributed by atoms with Crippen LogP contribution in [0.1, 0.15) is 41.5 Å². The fourth-order valence-electron chi connectivity index (χ4n) is 5.39. The molecule has 1 aliphatic heterocycles. The first kappa shape index (κ1) is 26.0. The molecule has 0 saturated carbocycles. The van der Waals surface area contributed by atoms with Gasteiger partial charge >= 0.3 is 6.18 Å². The molecule has 5 rings (SSSR count). The molecule has 0 spiro atoms. The molecule has 38 heavy (non-hydrogen) atoms. The van der Waals surface area contributed by atoms with Gasteiger partial charge in [-0.05, 0) is 41.4 Å². The maximum atomic E-state index is 13.5. The van der Waals surface area contributed by atoms with Gasteiger partial charge in [-0.2, -0.15) is 13.2 Å². The number of para-hydroxylation sites is 1. The van der Waals surface area contributed by atoms with Crippen molar-refractivity contribution in [1.29, 1.82) is 0 Å². The van der Waals surface area contributed by atoms with Gasteiger partial charge in [-0.15, -0.1) is 0 Å². The normalized spacial score (nSPS) is 15.6. The average Bonchev–Trinajstić information content (AvgIpc) is 3.29. The standard InChI is InChI=1S/C31H32F3N3O/c1-2-35-16-18-36(19-17-35)30(38)20-27(24-12-14-25(15-13-24)31(32,33)34)28-22-37(21-23-8-4-3-5-9-23)29-11-7-6-10-26(28)29/h3-15,22,27H,2,16-21H2,1H3/t27-/m0/s1. The molecule has 4 nitrogen and oxygen atoms in total. The number of hydrogen-bond donors (Lipinski definition) is 0. The highest BCUT2D eigenvalue weighted by Crippen LogP contribution is 2.37. The van der Waals surface area contributed by atoms with Gasteiger partial charge in [-0.25, -0.2) is 0 Å². The Balaban J connectivity index is 1.53. The second-order valence-corrected chi connectivity index (χ2v) is 9.91. The van der Waals surface area contributed by atoms with E-state index in [0.717, 1.165) is 53.8 Å². The summed E-state index contributed by atoms with van der Waals surface area (Å²) in [4.78, 5) is 17.7. The van der Waals surface area contributed by atoms with E-state index in [9.17, 15) is 18.0 Å². The van der Waals surface area contributed by atoms with Crippen LogP contribution in [0.25, 0.3) is 10.9 Å². The van der Waals surface area contributed by atoms with E-state index in [2.05, 4.69) is 40.8 Å². The molecule has 0 radical (unpaired) electrons. The summed E-state index contributed by atoms with van der Waals surface area (Å²) < 4.78 is 42.1. The summed E-state index contributed by atoms with van der Waals surface area (Å²) in [6, 6.07) is 23.5. The van der Waals surface area contributed by atoms with Crippen molar-refractivity contribution in [3.05, 3.63) is 107 Å². The summed E-state index contributed by atoms with van der Waals surface area (Å²) in [7, 11) is 0. The molecule has 4 aromatic rings. The van der Waals surface area contributed by atoms with Crippen LogP contribution in [0.5, 0.6) is 0 Å². The van der Waals surface area contributed by atoms with Crippen molar-refractivity contribution < 1.29 is 18.0 Å². The van der Waals surface area contributed by atoms with Gasteiger partial charge in [0.15, 0.2) is 0 Å². The van der Waals surface area contributed by atoms with E-state index in [-0.39, 0.29) is 18.2 Å². The number of fused-ring (bicyclic) bond motifs is 1. The first-order valence-corrected chi connectivity index (χ1v) is 13.1. The first-order chi connectivity index (χ1) is 18.3. The van der Waals surface area contributed by atoms with E-state index in [1.807, 2.05) is 41.3 Å². The molecule has 1 saturated heterocycles. The Labute approximate surface area is 221 Å². The van der Waals surface area contributed by atoms with Crippen molar-refractivity contribution in [2.24, 2.45) is 0 Å². The number of nitrogens with zero attached hydrogens (tertiary/aromatic N) is 3. The summed E-state index contributed by atoms with van der Waals surface area (Å²) in [6.07, 6.45) is -2.13. The lowest BCUT2D eigenvalue weighted by atomic mass is 9.87. The van der Waals surface area contributed by atoms with E-state index in [1.54, 1.807) is 0 Å². The van der Waals surface area contributed by atoms with Gasteiger partial charge in [0, 0.05) is 62.2 Å². The number of likely N-dealkylation sites (N-methyl/N-ethyl adjacent to an activating group) is 1. The number of piperazine rings is 1. The fourth-order valence-corrected chi connectivity index (χ4v) is 5.39. The number of carbonyl (C=O) groups excluding carboxylic acids is 1. The number of alkyl halides is 3. The van der Waals surface area contributed by atoms with Crippen LogP contribution < -0.4 is 0 Å². The van der Waals surface area contributed by atoms with Crippen LogP contribution in [-0.2, 0) is 17.5 Å². The minimum atomic E-state index is -4.41. The molecule has 7 heteroatoms. The number of aromatic nitrogens is 1. The summed E-state index contributed by atoms with van der Waals surface area (Å²) in [5.74, 6) is -0.332. The molecular formula is C31H32F3N3O. The van der Waals surface area contributed by atoms with E-state index in [4.69, 9.17) is 0 Å². The molecule has 1 amide bonds. The van der Waals surface area contributed by atoms with Crippen LogP contribution in [-0.4, -0.2) is 53.0 Å². The highest BCUT2D eigenvalue weighted by atomic mass is 19.4. The van der Waals surface area contributed by atoms with Gasteiger partial charge in [0.25, 0.3) is 0 Å². The van der Waals surface area contributed by atoms with Crippen LogP contribution in [0.2, 0.25) is 0 Å². The van der Waals surface area contributed by atoms with E-state index in [1.165, 1.54) is 12.1 Å². The Morgan fingerprint density at radius 3 is 2.18 bits per heavy atom. The predicted molar refractivity (Wildman–Crippen MR) is 144 cm³/mol. The van der Waals surface area contributed by atoms with Crippen LogP contribution in [0.4, 0.5) is 13.2 Å². The number of hydrogen-bond acceptors (Lipinski definition) is 2. The van der Waals surface area contributed by atoms with Gasteiger partial charge in [0.2, 0.25) is 5.91 Å². The topological polar surface area (TPSA) is 28.5 Å². The number of halogens is 3. The molecule has 1 fully saturated rings. The lowest BCUT2D eigenvalue weighted by Crippen LogP contribution is -2.48. The highest BCUT2D eigenvalue weighted by molar-refractivity contribution is 5.87. The Kier molecular flexibility index (Phi) is 7.56. The third-order valence-electron chi connectivity index (χ3n) is 7.58. The molecule has 2 heterocycles. The van der Waals surface area contributed by atoms with Crippen LogP contribution >= 0.6 is 0 Å². The molecular weight excluding hydrogens is 487 g/mol. The van der Waals surface area contributed by atoms with E-state index >= 15 is 0 Å². The SMILES string of the molecule is CCN1CCN(C(=O)C[C@@H](c2ccc(C(F)(F)F)cc2)c2cn(Cc3ccccc3)c3ccccc23)CC1. The van der Waals surface area contributed by atoms with Crippen LogP contribution in [0, 0.1) is 0 Å². The molecule has 3 aromatic carbocycles. The summed E-state index contributed by atoms with van der Waals surface area (Å²) in [6.45, 7) is 6.74. The number of benzene rings is 3. The van der Waals surface area contributed by atoms with Gasteiger partial charge in [-0.1, -0.05) is 67.6 Å². The maximum Gasteiger partial charge on any atom is 0.416 e. The minimum absolute atomic E-state index is 0.0329. The van der Waals surface area contributed by atoms with Crippen molar-refractivity contribution in [2.45, 2.75) is 32.0 Å². The predicted octanol–water partition coefficient (Wildman–Crippen LogP) is 6.39. The van der Waals surface area contributed by atoms with Crippen LogP contribution in [0.3, 0.4) is 0 Å². The Morgan fingerprint density at radius 1 is 0.868 bits per heavy atom. The van der Waals surface area contributed by atoms with Crippen molar-refractivity contribution in [1.82, 2.24) is 14.4 Å². The smallest absolute Gasteiger partial charge is 0.343 e. The molecule has 1 aromatic heterocycles. The quantitative estimate of drug-likeness (QED) is 0.283. The number of amides is 1. The Bertz CT molecular complexity index is 1370. The molecule has 1 atom stereocenters. The van der Waals surface area contributed by atoms with Crippen molar-refractivity contribution >= 4 is 16.8 Å². The highest BCUT2D eigenvalue weighted by Gasteiger charge is 2.31. The molecule has 1 aliphatic rings. The Morgan fingerprint density at radius 2 is 1.53 bits per heavy atom. The van der Waals surface area contributed by atoms with Crippen molar-refractivity contribution in [2.75, 3.05) is 32.7 Å². The van der Waals surface area contributed by atoms with Gasteiger partial charge < -0.3 is 14.4 Å². The maximum absolute atomic E-state index is 13.5. The van der Waals surface area contributed by atoms with Gasteiger partial charge in [-0.3, -0.25) is 4.79 Å². The minimum Gasteiger partial charge on any atom is -0.343 e. The summed E-state index contributed by atoms with van der Waals surface area (Å²) >= 11 is 0. The zero-order valence-corrected chi connectivity index (χ0v) is 21.5. The molecule has 0 N–H and O–H groups in total. The largest absolute Gasteiger partial charge is 0.416 e. The summed E-state index contributed by atoms with van der Waals surface area (Å²) in [5.41, 5.74) is 3.16. The molecule has 0 aliphatic carbocycles. The number of rotatable bonds is 7. The zero-order valence-electron chi connectivity index (χ0n) is 21.5. The van der Waals surface area contributed by atoms with Crippen molar-refractivity contribution in [3.63, 3.8) is 0 Å². The first-order valence-electron chi connectivity index (χ1n) is 13.1. The molecule has 0 unspecified atom stereocenters. The fraction of sp³-hybridized carbons (Fsp3) is 0.323. The monoisotopic (exact) mass is 519 g/mol. The third kappa shape index (κ3) is 5.63. The zero-order chi connectivity index (χ0) is 26.7. The third-order valence-corrected chi connectivity index (χ3v) is 7.58. The van der Waals surface area contributed by atoms with E-state index < -0.39 is 11.7 Å². The van der Waals surface area contributed by atoms with Gasteiger partial charge in [0.05, 0.1) is 5.56 Å². The second kappa shape index (κ2) is 11.0. The number of carbonyl (C=O) groups is 1. The Hall–Kier alpha value is -3.58. The van der Waals surface area contributed by atoms with Crippen LogP contribution in [0.15, 0.2) is 85.1 Å². The second-order valence-electron chi connectivity index (χ2n) is 9.91. The molecule has 198 valence electrons. The lowest BCUT2D eigenvalue weighted by Gasteiger charge is -2.35. The average molecular weight is 520 g/mol. The molecule has 0 bridgehead atoms. The van der Waals surface area contributed by atoms with E-state index in [0.29, 0.717) is 25.2 Å². The lowest BCUT2D eigenvalue weighted by molar-refractivity contribution is -0.137. The van der Waals surface area contributed by atoms with Crippen molar-refractivity contribution in [3.8, 4) is 0 Å². The van der Waals surface area contributed by atoms with Gasteiger partial charge in [0.1, 0.15) is 0 Å². The summed E-state index contributed by atoms with van der Waals surface area (Å²) in [5, 5.41) is 1.01.